The zero-order valence-corrected chi connectivity index (χ0v) is 19.0. The summed E-state index contributed by atoms with van der Waals surface area (Å²) >= 11 is 0. The van der Waals surface area contributed by atoms with Gasteiger partial charge in [0.05, 0.1) is 16.9 Å². The SMILES string of the molecule is Cc1cc(C(=O)NCCCc2nn(-c3ccccc3)c(N)c2C#N)c(C)n1-c1ccc(F)cc1. The topological polar surface area (TPSA) is 102 Å². The molecule has 0 fully saturated rings. The Hall–Kier alpha value is -4.38. The van der Waals surface area contributed by atoms with E-state index in [0.717, 1.165) is 22.8 Å². The fraction of sp³-hybridized carbons (Fsp3) is 0.192. The molecule has 8 heteroatoms. The number of amides is 1. The zero-order valence-electron chi connectivity index (χ0n) is 19.0. The quantitative estimate of drug-likeness (QED) is 0.406. The summed E-state index contributed by atoms with van der Waals surface area (Å²) in [6.07, 6.45) is 1.10. The minimum absolute atomic E-state index is 0.184. The first-order valence-corrected chi connectivity index (χ1v) is 11.0. The molecule has 0 spiro atoms. The maximum Gasteiger partial charge on any atom is 0.253 e. The fourth-order valence-corrected chi connectivity index (χ4v) is 4.07. The lowest BCUT2D eigenvalue weighted by Gasteiger charge is -2.10. The van der Waals surface area contributed by atoms with Gasteiger partial charge in [-0.25, -0.2) is 9.07 Å². The highest BCUT2D eigenvalue weighted by Crippen LogP contribution is 2.22. The van der Waals surface area contributed by atoms with Gasteiger partial charge in [-0.2, -0.15) is 10.4 Å². The summed E-state index contributed by atoms with van der Waals surface area (Å²) in [4.78, 5) is 12.8. The van der Waals surface area contributed by atoms with Crippen LogP contribution < -0.4 is 11.1 Å². The molecule has 1 amide bonds. The summed E-state index contributed by atoms with van der Waals surface area (Å²) in [5.41, 5.74) is 10.9. The Morgan fingerprint density at radius 2 is 1.82 bits per heavy atom. The predicted octanol–water partition coefficient (Wildman–Crippen LogP) is 4.24. The van der Waals surface area contributed by atoms with Gasteiger partial charge in [-0.3, -0.25) is 4.79 Å². The minimum atomic E-state index is -0.306. The minimum Gasteiger partial charge on any atom is -0.382 e. The van der Waals surface area contributed by atoms with Crippen molar-refractivity contribution in [3.63, 3.8) is 0 Å². The number of nitrogen functional groups attached to an aromatic ring is 1. The van der Waals surface area contributed by atoms with Crippen LogP contribution in [0, 0.1) is 31.0 Å². The molecule has 3 N–H and O–H groups in total. The summed E-state index contributed by atoms with van der Waals surface area (Å²) in [5, 5.41) is 17.0. The van der Waals surface area contributed by atoms with Crippen molar-refractivity contribution >= 4 is 11.7 Å². The number of anilines is 1. The second-order valence-electron chi connectivity index (χ2n) is 8.02. The van der Waals surface area contributed by atoms with Gasteiger partial charge in [0.15, 0.2) is 0 Å². The number of carbonyl (C=O) groups excluding carboxylic acids is 1. The number of nitrogens with zero attached hydrogens (tertiary/aromatic N) is 4. The summed E-state index contributed by atoms with van der Waals surface area (Å²) in [5.74, 6) is -0.184. The molecular formula is C26H25FN6O. The second-order valence-corrected chi connectivity index (χ2v) is 8.02. The highest BCUT2D eigenvalue weighted by atomic mass is 19.1. The molecule has 4 aromatic rings. The average Bonchev–Trinajstić information content (AvgIpc) is 3.32. The summed E-state index contributed by atoms with van der Waals surface area (Å²) < 4.78 is 16.8. The molecule has 0 aliphatic rings. The molecule has 0 unspecified atom stereocenters. The van der Waals surface area contributed by atoms with Crippen molar-refractivity contribution in [3.05, 3.63) is 94.7 Å². The number of hydrogen-bond acceptors (Lipinski definition) is 4. The van der Waals surface area contributed by atoms with Crippen LogP contribution in [0.3, 0.4) is 0 Å². The van der Waals surface area contributed by atoms with Crippen molar-refractivity contribution in [2.24, 2.45) is 0 Å². The first kappa shape index (κ1) is 22.8. The third kappa shape index (κ3) is 4.41. The summed E-state index contributed by atoms with van der Waals surface area (Å²) in [7, 11) is 0. The van der Waals surface area contributed by atoms with E-state index in [1.54, 1.807) is 16.8 Å². The van der Waals surface area contributed by atoms with Crippen molar-refractivity contribution < 1.29 is 9.18 Å². The number of nitriles is 1. The molecule has 2 aromatic carbocycles. The Labute approximate surface area is 197 Å². The molecule has 172 valence electrons. The molecule has 4 rings (SSSR count). The van der Waals surface area contributed by atoms with Crippen molar-refractivity contribution in [1.82, 2.24) is 19.7 Å². The molecule has 0 radical (unpaired) electrons. The van der Waals surface area contributed by atoms with Crippen molar-refractivity contribution in [3.8, 4) is 17.4 Å². The molecule has 0 aliphatic heterocycles. The average molecular weight is 457 g/mol. The van der Waals surface area contributed by atoms with Crippen LogP contribution in [0.4, 0.5) is 10.2 Å². The van der Waals surface area contributed by atoms with Gasteiger partial charge in [-0.15, -0.1) is 0 Å². The summed E-state index contributed by atoms with van der Waals surface area (Å²) in [6.45, 7) is 4.19. The van der Waals surface area contributed by atoms with E-state index < -0.39 is 0 Å². The van der Waals surface area contributed by atoms with E-state index in [-0.39, 0.29) is 11.7 Å². The van der Waals surface area contributed by atoms with Gasteiger partial charge in [-0.05, 0) is 69.2 Å². The van der Waals surface area contributed by atoms with Crippen LogP contribution in [-0.4, -0.2) is 26.8 Å². The molecule has 0 aliphatic carbocycles. The van der Waals surface area contributed by atoms with Crippen LogP contribution in [0.15, 0.2) is 60.7 Å². The van der Waals surface area contributed by atoms with E-state index in [9.17, 15) is 14.4 Å². The van der Waals surface area contributed by atoms with Gasteiger partial charge in [0.25, 0.3) is 5.91 Å². The van der Waals surface area contributed by atoms with Crippen LogP contribution in [-0.2, 0) is 6.42 Å². The molecule has 0 saturated carbocycles. The Morgan fingerprint density at radius 3 is 2.50 bits per heavy atom. The maximum absolute atomic E-state index is 13.3. The molecule has 0 bridgehead atoms. The monoisotopic (exact) mass is 456 g/mol. The van der Waals surface area contributed by atoms with Crippen LogP contribution in [0.25, 0.3) is 11.4 Å². The van der Waals surface area contributed by atoms with Gasteiger partial charge >= 0.3 is 0 Å². The molecule has 2 heterocycles. The van der Waals surface area contributed by atoms with Gasteiger partial charge in [0.2, 0.25) is 0 Å². The van der Waals surface area contributed by atoms with E-state index in [4.69, 9.17) is 5.73 Å². The Balaban J connectivity index is 1.41. The van der Waals surface area contributed by atoms with Crippen LogP contribution in [0.1, 0.15) is 39.4 Å². The van der Waals surface area contributed by atoms with Gasteiger partial charge in [0.1, 0.15) is 23.3 Å². The van der Waals surface area contributed by atoms with E-state index in [0.29, 0.717) is 42.0 Å². The number of halogens is 1. The lowest BCUT2D eigenvalue weighted by molar-refractivity contribution is 0.0952. The zero-order chi connectivity index (χ0) is 24.2. The normalized spacial score (nSPS) is 10.8. The second kappa shape index (κ2) is 9.63. The molecule has 7 nitrogen and oxygen atoms in total. The third-order valence-corrected chi connectivity index (χ3v) is 5.74. The number of hydrogen-bond donors (Lipinski definition) is 2. The number of rotatable bonds is 7. The van der Waals surface area contributed by atoms with E-state index in [2.05, 4.69) is 16.5 Å². The maximum atomic E-state index is 13.3. The van der Waals surface area contributed by atoms with Crippen molar-refractivity contribution in [2.75, 3.05) is 12.3 Å². The Morgan fingerprint density at radius 1 is 1.12 bits per heavy atom. The number of nitrogens with one attached hydrogen (secondary N) is 1. The molecule has 34 heavy (non-hydrogen) atoms. The third-order valence-electron chi connectivity index (χ3n) is 5.74. The number of para-hydroxylation sites is 1. The molecular weight excluding hydrogens is 431 g/mol. The molecule has 2 aromatic heterocycles. The van der Waals surface area contributed by atoms with Crippen LogP contribution in [0.2, 0.25) is 0 Å². The Bertz CT molecular complexity index is 1360. The van der Waals surface area contributed by atoms with Crippen molar-refractivity contribution in [1.29, 1.82) is 5.26 Å². The highest BCUT2D eigenvalue weighted by molar-refractivity contribution is 5.95. The number of aryl methyl sites for hydroxylation is 2. The number of carbonyl (C=O) groups is 1. The van der Waals surface area contributed by atoms with Gasteiger partial charge in [-0.1, -0.05) is 18.2 Å². The number of aromatic nitrogens is 3. The van der Waals surface area contributed by atoms with Crippen molar-refractivity contribution in [2.45, 2.75) is 26.7 Å². The van der Waals surface area contributed by atoms with Crippen LogP contribution in [0.5, 0.6) is 0 Å². The summed E-state index contributed by atoms with van der Waals surface area (Å²) in [6, 6.07) is 19.5. The first-order chi connectivity index (χ1) is 16.4. The molecule has 0 saturated heterocycles. The standard InChI is InChI=1S/C26H25FN6O/c1-17-15-22(18(2)32(17)20-12-10-19(27)11-13-20)26(34)30-14-6-9-24-23(16-28)25(29)33(31-24)21-7-4-3-5-8-21/h3-5,7-8,10-13,15H,6,9,14,29H2,1-2H3,(H,30,34). The largest absolute Gasteiger partial charge is 0.382 e. The fourth-order valence-electron chi connectivity index (χ4n) is 4.07. The smallest absolute Gasteiger partial charge is 0.253 e. The van der Waals surface area contributed by atoms with Crippen LogP contribution >= 0.6 is 0 Å². The number of benzene rings is 2. The van der Waals surface area contributed by atoms with Gasteiger partial charge < -0.3 is 15.6 Å². The first-order valence-electron chi connectivity index (χ1n) is 11.0. The molecule has 0 atom stereocenters. The lowest BCUT2D eigenvalue weighted by Crippen LogP contribution is -2.25. The van der Waals surface area contributed by atoms with E-state index in [1.165, 1.54) is 12.1 Å². The van der Waals surface area contributed by atoms with Gasteiger partial charge in [0, 0.05) is 23.6 Å². The van der Waals surface area contributed by atoms with E-state index in [1.807, 2.05) is 54.8 Å². The lowest BCUT2D eigenvalue weighted by atomic mass is 10.1. The predicted molar refractivity (Wildman–Crippen MR) is 129 cm³/mol. The Kier molecular flexibility index (Phi) is 6.46. The van der Waals surface area contributed by atoms with E-state index >= 15 is 0 Å². The number of nitrogens with two attached hydrogens (primary N) is 1. The highest BCUT2D eigenvalue weighted by Gasteiger charge is 2.18.